The molecule has 2 aromatic carbocycles. The monoisotopic (exact) mass is 308 g/mol. The van der Waals surface area contributed by atoms with E-state index in [1.807, 2.05) is 19.9 Å². The van der Waals surface area contributed by atoms with Crippen molar-refractivity contribution in [2.75, 3.05) is 0 Å². The predicted molar refractivity (Wildman–Crippen MR) is 87.8 cm³/mol. The van der Waals surface area contributed by atoms with Gasteiger partial charge in [0.2, 0.25) is 0 Å². The van der Waals surface area contributed by atoms with Crippen LogP contribution in [0.25, 0.3) is 26.1 Å². The van der Waals surface area contributed by atoms with Crippen molar-refractivity contribution < 1.29 is 9.90 Å². The van der Waals surface area contributed by atoms with Gasteiger partial charge in [-0.15, -0.1) is 11.3 Å². The first-order valence-electron chi connectivity index (χ1n) is 6.63. The van der Waals surface area contributed by atoms with E-state index in [0.717, 1.165) is 31.9 Å². The molecule has 0 unspecified atom stereocenters. The van der Waals surface area contributed by atoms with Crippen LogP contribution in [0, 0.1) is 20.4 Å². The van der Waals surface area contributed by atoms with Crippen molar-refractivity contribution in [2.45, 2.75) is 13.8 Å². The Bertz CT molecular complexity index is 951. The number of nitrogens with zero attached hydrogens (tertiary/aromatic N) is 2. The molecule has 0 aliphatic heterocycles. The van der Waals surface area contributed by atoms with Gasteiger partial charge in [-0.3, -0.25) is 0 Å². The summed E-state index contributed by atoms with van der Waals surface area (Å²) in [6.45, 7) is 11.2. The minimum absolute atomic E-state index is 0.217. The number of benzene rings is 2. The number of aromatic carboxylic acids is 1. The van der Waals surface area contributed by atoms with Crippen LogP contribution in [0.2, 0.25) is 0 Å². The first-order valence-corrected chi connectivity index (χ1v) is 7.45. The summed E-state index contributed by atoms with van der Waals surface area (Å²) in [6, 6.07) is 8.62. The molecule has 1 aromatic heterocycles. The highest BCUT2D eigenvalue weighted by Gasteiger charge is 2.16. The minimum Gasteiger partial charge on any atom is -0.478 e. The maximum absolute atomic E-state index is 11.2. The Balaban J connectivity index is 2.44. The van der Waals surface area contributed by atoms with E-state index in [1.54, 1.807) is 24.3 Å². The molecular formula is C17H12N2O2S. The number of thiazole rings is 1. The third-order valence-electron chi connectivity index (χ3n) is 3.50. The van der Waals surface area contributed by atoms with Crippen LogP contribution in [0.1, 0.15) is 21.1 Å². The molecule has 1 N–H and O–H groups in total. The van der Waals surface area contributed by atoms with E-state index < -0.39 is 5.97 Å². The molecule has 0 atom stereocenters. The fourth-order valence-electron chi connectivity index (χ4n) is 2.54. The summed E-state index contributed by atoms with van der Waals surface area (Å²) >= 11 is 1.52. The van der Waals surface area contributed by atoms with Crippen LogP contribution in [0.4, 0.5) is 5.69 Å². The number of rotatable bonds is 2. The van der Waals surface area contributed by atoms with E-state index in [9.17, 15) is 9.90 Å². The van der Waals surface area contributed by atoms with E-state index in [4.69, 9.17) is 6.57 Å². The lowest BCUT2D eigenvalue weighted by molar-refractivity contribution is 0.0697. The second-order valence-electron chi connectivity index (χ2n) is 4.96. The molecular weight excluding hydrogens is 296 g/mol. The zero-order valence-corrected chi connectivity index (χ0v) is 12.9. The molecule has 0 aliphatic carbocycles. The molecule has 3 rings (SSSR count). The SMILES string of the molecule is [C-]#[N+]c1ccc2ccc(C(=O)O)cc2c1-c1sc(C)nc1C. The fraction of sp³-hybridized carbons (Fsp3) is 0.118. The van der Waals surface area contributed by atoms with Crippen LogP contribution in [0.3, 0.4) is 0 Å². The zero-order chi connectivity index (χ0) is 15.9. The molecule has 0 bridgehead atoms. The lowest BCUT2D eigenvalue weighted by atomic mass is 9.98. The van der Waals surface area contributed by atoms with Gasteiger partial charge in [-0.1, -0.05) is 18.2 Å². The smallest absolute Gasteiger partial charge is 0.335 e. The van der Waals surface area contributed by atoms with E-state index >= 15 is 0 Å². The molecule has 1 heterocycles. The number of aryl methyl sites for hydroxylation is 2. The fourth-order valence-corrected chi connectivity index (χ4v) is 3.52. The average Bonchev–Trinajstić information content (AvgIpc) is 2.83. The Morgan fingerprint density at radius 3 is 2.59 bits per heavy atom. The summed E-state index contributed by atoms with van der Waals surface area (Å²) in [6.07, 6.45) is 0. The molecule has 4 nitrogen and oxygen atoms in total. The van der Waals surface area contributed by atoms with Gasteiger partial charge < -0.3 is 5.11 Å². The van der Waals surface area contributed by atoms with Crippen molar-refractivity contribution >= 4 is 33.8 Å². The van der Waals surface area contributed by atoms with Gasteiger partial charge in [-0.25, -0.2) is 14.6 Å². The average molecular weight is 308 g/mol. The standard InChI is InChI=1S/C17H12N2O2S/c1-9-16(22-10(2)19-9)15-13-8-12(17(20)21)5-4-11(13)6-7-14(15)18-3/h4-8H,1-2H3,(H,20,21). The van der Waals surface area contributed by atoms with E-state index in [-0.39, 0.29) is 5.56 Å². The predicted octanol–water partition coefficient (Wildman–Crippen LogP) is 4.83. The molecule has 22 heavy (non-hydrogen) atoms. The van der Waals surface area contributed by atoms with Crippen molar-refractivity contribution in [3.05, 3.63) is 58.0 Å². The number of carbonyl (C=O) groups is 1. The first-order chi connectivity index (χ1) is 10.5. The van der Waals surface area contributed by atoms with Crippen molar-refractivity contribution in [3.63, 3.8) is 0 Å². The number of carboxylic acids is 1. The number of hydrogen-bond donors (Lipinski definition) is 1. The van der Waals surface area contributed by atoms with Crippen LogP contribution in [0.5, 0.6) is 0 Å². The third-order valence-corrected chi connectivity index (χ3v) is 4.59. The highest BCUT2D eigenvalue weighted by molar-refractivity contribution is 7.15. The maximum Gasteiger partial charge on any atom is 0.335 e. The highest BCUT2D eigenvalue weighted by atomic mass is 32.1. The minimum atomic E-state index is -0.974. The van der Waals surface area contributed by atoms with Gasteiger partial charge in [0, 0.05) is 10.4 Å². The largest absolute Gasteiger partial charge is 0.478 e. The van der Waals surface area contributed by atoms with Crippen LogP contribution < -0.4 is 0 Å². The summed E-state index contributed by atoms with van der Waals surface area (Å²) in [7, 11) is 0. The van der Waals surface area contributed by atoms with E-state index in [2.05, 4.69) is 9.83 Å². The lowest BCUT2D eigenvalue weighted by Gasteiger charge is -2.09. The van der Waals surface area contributed by atoms with Crippen molar-refractivity contribution in [3.8, 4) is 10.4 Å². The van der Waals surface area contributed by atoms with Gasteiger partial charge in [0.25, 0.3) is 0 Å². The number of aromatic nitrogens is 1. The van der Waals surface area contributed by atoms with Gasteiger partial charge in [-0.05, 0) is 36.8 Å². The summed E-state index contributed by atoms with van der Waals surface area (Å²) in [5.41, 5.74) is 2.37. The van der Waals surface area contributed by atoms with Gasteiger partial charge in [0.05, 0.1) is 22.8 Å². The zero-order valence-electron chi connectivity index (χ0n) is 12.0. The van der Waals surface area contributed by atoms with Crippen molar-refractivity contribution in [1.29, 1.82) is 0 Å². The Morgan fingerprint density at radius 2 is 2.00 bits per heavy atom. The van der Waals surface area contributed by atoms with Gasteiger partial charge in [-0.2, -0.15) is 0 Å². The molecule has 0 saturated heterocycles. The highest BCUT2D eigenvalue weighted by Crippen LogP contribution is 2.41. The molecule has 0 fully saturated rings. The van der Waals surface area contributed by atoms with E-state index in [1.165, 1.54) is 11.3 Å². The van der Waals surface area contributed by atoms with Gasteiger partial charge >= 0.3 is 5.97 Å². The molecule has 5 heteroatoms. The third kappa shape index (κ3) is 2.24. The second-order valence-corrected chi connectivity index (χ2v) is 6.16. The lowest BCUT2D eigenvalue weighted by Crippen LogP contribution is -1.95. The summed E-state index contributed by atoms with van der Waals surface area (Å²) < 4.78 is 0. The Hall–Kier alpha value is -2.71. The van der Waals surface area contributed by atoms with Gasteiger partial charge in [0.1, 0.15) is 0 Å². The normalized spacial score (nSPS) is 10.6. The molecule has 108 valence electrons. The van der Waals surface area contributed by atoms with Crippen LogP contribution in [0.15, 0.2) is 30.3 Å². The molecule has 3 aromatic rings. The number of carboxylic acid groups (broad SMARTS) is 1. The Morgan fingerprint density at radius 1 is 1.27 bits per heavy atom. The maximum atomic E-state index is 11.2. The topological polar surface area (TPSA) is 54.5 Å². The van der Waals surface area contributed by atoms with Crippen molar-refractivity contribution in [1.82, 2.24) is 4.98 Å². The summed E-state index contributed by atoms with van der Waals surface area (Å²) in [4.78, 5) is 20.2. The molecule has 0 radical (unpaired) electrons. The quantitative estimate of drug-likeness (QED) is 0.690. The van der Waals surface area contributed by atoms with Crippen LogP contribution in [-0.2, 0) is 0 Å². The van der Waals surface area contributed by atoms with Gasteiger partial charge in [0.15, 0.2) is 5.69 Å². The van der Waals surface area contributed by atoms with E-state index in [0.29, 0.717) is 5.69 Å². The molecule has 0 amide bonds. The Kier molecular flexibility index (Phi) is 3.39. The molecule has 0 aliphatic rings. The molecule has 0 saturated carbocycles. The second kappa shape index (κ2) is 5.24. The summed E-state index contributed by atoms with van der Waals surface area (Å²) in [5, 5.41) is 11.8. The summed E-state index contributed by atoms with van der Waals surface area (Å²) in [5.74, 6) is -0.974. The molecule has 0 spiro atoms. The van der Waals surface area contributed by atoms with Crippen molar-refractivity contribution in [2.24, 2.45) is 0 Å². The van der Waals surface area contributed by atoms with Crippen LogP contribution >= 0.6 is 11.3 Å². The Labute approximate surface area is 131 Å². The first kappa shape index (κ1) is 14.2. The number of fused-ring (bicyclic) bond motifs is 1. The van der Waals surface area contributed by atoms with Crippen LogP contribution in [-0.4, -0.2) is 16.1 Å². The number of hydrogen-bond acceptors (Lipinski definition) is 3.